The van der Waals surface area contributed by atoms with Gasteiger partial charge >= 0.3 is 12.4 Å². The first-order valence-electron chi connectivity index (χ1n) is 10.5. The summed E-state index contributed by atoms with van der Waals surface area (Å²) in [6, 6.07) is 5.56. The van der Waals surface area contributed by atoms with Crippen LogP contribution in [-0.2, 0) is 9.53 Å². The van der Waals surface area contributed by atoms with E-state index in [0.29, 0.717) is 54.3 Å². The number of carbonyl (C=O) groups is 1. The summed E-state index contributed by atoms with van der Waals surface area (Å²) in [6.45, 7) is 1.08. The largest absolute Gasteiger partial charge is 0.522 e. The molecule has 0 unspecified atom stereocenters. The Morgan fingerprint density at radius 3 is 2.73 bits per heavy atom. The maximum absolute atomic E-state index is 12.7. The Bertz CT molecular complexity index is 1150. The summed E-state index contributed by atoms with van der Waals surface area (Å²) in [6.07, 6.45) is -3.96. The summed E-state index contributed by atoms with van der Waals surface area (Å²) in [5.41, 5.74) is 1.45. The molecule has 33 heavy (non-hydrogen) atoms. The van der Waals surface area contributed by atoms with Crippen molar-refractivity contribution in [1.82, 2.24) is 20.2 Å². The molecule has 2 N–H and O–H groups in total. The van der Waals surface area contributed by atoms with E-state index in [1.807, 2.05) is 4.90 Å². The summed E-state index contributed by atoms with van der Waals surface area (Å²) >= 11 is 5.98. The summed E-state index contributed by atoms with van der Waals surface area (Å²) in [5.74, 6) is 0.121. The van der Waals surface area contributed by atoms with E-state index in [1.54, 1.807) is 18.2 Å². The second kappa shape index (κ2) is 8.49. The van der Waals surface area contributed by atoms with E-state index in [2.05, 4.69) is 30.2 Å². The van der Waals surface area contributed by atoms with Gasteiger partial charge in [0.05, 0.1) is 17.1 Å². The molecule has 1 saturated carbocycles. The minimum Gasteiger partial charge on any atom is -0.408 e. The SMILES string of the molecule is O=C(Nc1nc2ccc(Cl)cc2[nH]1)C1CCN(c2nnc(C3CC(OC(F)(F)F)C3)o2)CC1. The lowest BCUT2D eigenvalue weighted by Gasteiger charge is -2.33. The second-order valence-electron chi connectivity index (χ2n) is 8.27. The number of carbonyl (C=O) groups excluding carboxylic acids is 1. The average molecular weight is 485 g/mol. The lowest BCUT2D eigenvalue weighted by molar-refractivity contribution is -0.352. The number of nitrogens with zero attached hydrogens (tertiary/aromatic N) is 4. The van der Waals surface area contributed by atoms with Gasteiger partial charge < -0.3 is 14.3 Å². The number of fused-ring (bicyclic) bond motifs is 1. The molecular formula is C20H20ClF3N6O3. The average Bonchev–Trinajstić information content (AvgIpc) is 3.36. The van der Waals surface area contributed by atoms with Gasteiger partial charge in [-0.2, -0.15) is 0 Å². The number of halogens is 4. The number of hydrogen-bond donors (Lipinski definition) is 2. The van der Waals surface area contributed by atoms with Crippen molar-refractivity contribution in [2.45, 2.75) is 44.1 Å². The third kappa shape index (κ3) is 4.91. The molecule has 2 fully saturated rings. The summed E-state index contributed by atoms with van der Waals surface area (Å²) < 4.78 is 46.5. The van der Waals surface area contributed by atoms with E-state index in [1.165, 1.54) is 0 Å². The second-order valence-corrected chi connectivity index (χ2v) is 8.71. The molecule has 0 bridgehead atoms. The molecule has 3 aromatic rings. The molecule has 2 aromatic heterocycles. The molecule has 0 atom stereocenters. The number of benzene rings is 1. The molecule has 5 rings (SSSR count). The van der Waals surface area contributed by atoms with Crippen LogP contribution in [0.1, 0.15) is 37.5 Å². The van der Waals surface area contributed by atoms with Crippen molar-refractivity contribution in [3.05, 3.63) is 29.1 Å². The van der Waals surface area contributed by atoms with Crippen LogP contribution in [0.2, 0.25) is 5.02 Å². The molecule has 2 aliphatic rings. The number of aromatic amines is 1. The topological polar surface area (TPSA) is 109 Å². The molecule has 0 spiro atoms. The number of anilines is 2. The van der Waals surface area contributed by atoms with Crippen molar-refractivity contribution in [3.63, 3.8) is 0 Å². The molecule has 1 aliphatic carbocycles. The van der Waals surface area contributed by atoms with E-state index in [9.17, 15) is 18.0 Å². The smallest absolute Gasteiger partial charge is 0.408 e. The van der Waals surface area contributed by atoms with E-state index < -0.39 is 12.5 Å². The zero-order chi connectivity index (χ0) is 23.2. The van der Waals surface area contributed by atoms with Crippen LogP contribution in [0.25, 0.3) is 11.0 Å². The molecular weight excluding hydrogens is 465 g/mol. The molecule has 1 aromatic carbocycles. The number of nitrogens with one attached hydrogen (secondary N) is 2. The molecule has 9 nitrogen and oxygen atoms in total. The predicted octanol–water partition coefficient (Wildman–Crippen LogP) is 4.24. The number of H-pyrrole nitrogens is 1. The maximum atomic E-state index is 12.7. The normalized spacial score (nSPS) is 21.9. The lowest BCUT2D eigenvalue weighted by atomic mass is 9.82. The zero-order valence-corrected chi connectivity index (χ0v) is 18.0. The van der Waals surface area contributed by atoms with Gasteiger partial charge in [-0.25, -0.2) is 4.98 Å². The van der Waals surface area contributed by atoms with Gasteiger partial charge in [-0.15, -0.1) is 18.3 Å². The fourth-order valence-corrected chi connectivity index (χ4v) is 4.34. The maximum Gasteiger partial charge on any atom is 0.522 e. The molecule has 1 aliphatic heterocycles. The number of piperidine rings is 1. The summed E-state index contributed by atoms with van der Waals surface area (Å²) in [7, 11) is 0. The first kappa shape index (κ1) is 22.0. The Labute approximate surface area is 190 Å². The monoisotopic (exact) mass is 484 g/mol. The highest BCUT2D eigenvalue weighted by molar-refractivity contribution is 6.31. The number of amides is 1. The van der Waals surface area contributed by atoms with Crippen LogP contribution < -0.4 is 10.2 Å². The first-order chi connectivity index (χ1) is 15.7. The first-order valence-corrected chi connectivity index (χ1v) is 10.9. The van der Waals surface area contributed by atoms with Crippen LogP contribution in [-0.4, -0.2) is 51.6 Å². The highest BCUT2D eigenvalue weighted by atomic mass is 35.5. The fourth-order valence-electron chi connectivity index (χ4n) is 4.16. The van der Waals surface area contributed by atoms with Crippen molar-refractivity contribution < 1.29 is 27.1 Å². The van der Waals surface area contributed by atoms with Crippen molar-refractivity contribution in [3.8, 4) is 0 Å². The fraction of sp³-hybridized carbons (Fsp3) is 0.500. The van der Waals surface area contributed by atoms with Gasteiger partial charge in [-0.05, 0) is 43.9 Å². The van der Waals surface area contributed by atoms with Gasteiger partial charge in [0.1, 0.15) is 0 Å². The Morgan fingerprint density at radius 2 is 2.00 bits per heavy atom. The number of ether oxygens (including phenoxy) is 1. The van der Waals surface area contributed by atoms with Crippen LogP contribution in [0.5, 0.6) is 0 Å². The molecule has 176 valence electrons. The Kier molecular flexibility index (Phi) is 5.65. The highest BCUT2D eigenvalue weighted by Gasteiger charge is 2.42. The van der Waals surface area contributed by atoms with E-state index in [4.69, 9.17) is 16.0 Å². The van der Waals surface area contributed by atoms with Crippen LogP contribution in [0.3, 0.4) is 0 Å². The van der Waals surface area contributed by atoms with E-state index in [-0.39, 0.29) is 30.6 Å². The Balaban J connectivity index is 1.12. The molecule has 13 heteroatoms. The van der Waals surface area contributed by atoms with Crippen LogP contribution in [0, 0.1) is 5.92 Å². The van der Waals surface area contributed by atoms with Gasteiger partial charge in [0.15, 0.2) is 0 Å². The highest BCUT2D eigenvalue weighted by Crippen LogP contribution is 2.41. The van der Waals surface area contributed by atoms with Crippen LogP contribution in [0.15, 0.2) is 22.6 Å². The predicted molar refractivity (Wildman–Crippen MR) is 112 cm³/mol. The van der Waals surface area contributed by atoms with Gasteiger partial charge in [0.2, 0.25) is 17.7 Å². The third-order valence-corrected chi connectivity index (χ3v) is 6.23. The lowest BCUT2D eigenvalue weighted by Crippen LogP contribution is -2.38. The van der Waals surface area contributed by atoms with Gasteiger partial charge in [-0.1, -0.05) is 16.7 Å². The third-order valence-electron chi connectivity index (χ3n) is 6.00. The molecule has 3 heterocycles. The summed E-state index contributed by atoms with van der Waals surface area (Å²) in [4.78, 5) is 21.9. The van der Waals surface area contributed by atoms with Crippen molar-refractivity contribution >= 4 is 40.5 Å². The van der Waals surface area contributed by atoms with E-state index >= 15 is 0 Å². The Morgan fingerprint density at radius 1 is 1.24 bits per heavy atom. The van der Waals surface area contributed by atoms with Gasteiger partial charge in [-0.3, -0.25) is 14.8 Å². The van der Waals surface area contributed by atoms with Crippen LogP contribution in [0.4, 0.5) is 25.1 Å². The number of alkyl halides is 3. The van der Waals surface area contributed by atoms with Crippen LogP contribution >= 0.6 is 11.6 Å². The number of aromatic nitrogens is 4. The van der Waals surface area contributed by atoms with Crippen molar-refractivity contribution in [2.75, 3.05) is 23.3 Å². The van der Waals surface area contributed by atoms with E-state index in [0.717, 1.165) is 5.52 Å². The van der Waals surface area contributed by atoms with Crippen molar-refractivity contribution in [2.24, 2.45) is 5.92 Å². The standard InChI is InChI=1S/C20H20ClF3N6O3/c21-12-1-2-14-15(9-12)26-18(25-14)27-16(31)10-3-5-30(6-4-10)19-29-28-17(32-19)11-7-13(8-11)33-20(22,23)24/h1-2,9-11,13H,3-8H2,(H2,25,26,27,31). The summed E-state index contributed by atoms with van der Waals surface area (Å²) in [5, 5.41) is 11.4. The van der Waals surface area contributed by atoms with Gasteiger partial charge in [0.25, 0.3) is 0 Å². The number of imidazole rings is 1. The molecule has 1 amide bonds. The molecule has 0 radical (unpaired) electrons. The van der Waals surface area contributed by atoms with Crippen molar-refractivity contribution in [1.29, 1.82) is 0 Å². The Hall–Kier alpha value is -2.86. The number of rotatable bonds is 5. The zero-order valence-electron chi connectivity index (χ0n) is 17.2. The number of hydrogen-bond acceptors (Lipinski definition) is 7. The van der Waals surface area contributed by atoms with Gasteiger partial charge in [0, 0.05) is 29.9 Å². The molecule has 1 saturated heterocycles. The minimum absolute atomic E-state index is 0.129. The minimum atomic E-state index is -4.63. The quantitative estimate of drug-likeness (QED) is 0.557.